The molecule has 2 amide bonds. The maximum absolute atomic E-state index is 12.9. The van der Waals surface area contributed by atoms with E-state index in [9.17, 15) is 9.59 Å². The summed E-state index contributed by atoms with van der Waals surface area (Å²) in [5.74, 6) is 1.18. The summed E-state index contributed by atoms with van der Waals surface area (Å²) in [6.07, 6.45) is 2.53. The number of ether oxygens (including phenoxy) is 1. The van der Waals surface area contributed by atoms with Gasteiger partial charge in [-0.1, -0.05) is 0 Å². The fourth-order valence-electron chi connectivity index (χ4n) is 4.30. The van der Waals surface area contributed by atoms with Gasteiger partial charge in [0.1, 0.15) is 0 Å². The van der Waals surface area contributed by atoms with Crippen LogP contribution in [0.4, 0.5) is 5.82 Å². The molecular weight excluding hydrogens is 358 g/mol. The number of amides is 2. The Bertz CT molecular complexity index is 992. The van der Waals surface area contributed by atoms with E-state index in [1.165, 1.54) is 0 Å². The second-order valence-electron chi connectivity index (χ2n) is 8.09. The van der Waals surface area contributed by atoms with E-state index in [1.54, 1.807) is 12.0 Å². The number of fused-ring (bicyclic) bond motifs is 2. The molecule has 0 spiro atoms. The summed E-state index contributed by atoms with van der Waals surface area (Å²) >= 11 is 0. The quantitative estimate of drug-likeness (QED) is 0.848. The summed E-state index contributed by atoms with van der Waals surface area (Å²) in [4.78, 5) is 31.7. The summed E-state index contributed by atoms with van der Waals surface area (Å²) in [5.41, 5.74) is 4.20. The molecule has 0 radical (unpaired) electrons. The molecule has 1 aliphatic carbocycles. The van der Waals surface area contributed by atoms with Crippen LogP contribution in [0.15, 0.2) is 6.07 Å². The molecule has 146 valence electrons. The van der Waals surface area contributed by atoms with Crippen LogP contribution in [-0.2, 0) is 11.3 Å². The molecule has 5 rings (SSSR count). The highest BCUT2D eigenvalue weighted by molar-refractivity contribution is 5.99. The van der Waals surface area contributed by atoms with E-state index in [0.29, 0.717) is 29.7 Å². The predicted molar refractivity (Wildman–Crippen MR) is 101 cm³/mol. The third-order valence-corrected chi connectivity index (χ3v) is 5.91. The maximum Gasteiger partial charge on any atom is 0.256 e. The number of nitrogens with one attached hydrogen (secondary N) is 2. The fourth-order valence-corrected chi connectivity index (χ4v) is 4.30. The Kier molecular flexibility index (Phi) is 3.72. The van der Waals surface area contributed by atoms with Crippen LogP contribution in [0.2, 0.25) is 0 Å². The molecule has 0 saturated heterocycles. The van der Waals surface area contributed by atoms with Gasteiger partial charge in [-0.25, -0.2) is 4.98 Å². The topological polar surface area (TPSA) is 100 Å². The summed E-state index contributed by atoms with van der Waals surface area (Å²) in [6, 6.07) is 1.97. The Balaban J connectivity index is 1.64. The van der Waals surface area contributed by atoms with E-state index >= 15 is 0 Å². The van der Waals surface area contributed by atoms with Gasteiger partial charge in [-0.3, -0.25) is 14.7 Å². The van der Waals surface area contributed by atoms with Crippen molar-refractivity contribution in [3.8, 4) is 5.88 Å². The Hall–Kier alpha value is -2.90. The van der Waals surface area contributed by atoms with E-state index < -0.39 is 0 Å². The molecule has 3 aliphatic rings. The highest BCUT2D eigenvalue weighted by Gasteiger charge is 2.40. The van der Waals surface area contributed by atoms with Crippen LogP contribution >= 0.6 is 0 Å². The standard InChI is InChI=1S/C20H23N5O3/c1-9(2)25-8-14-13(20(25)27)6-12(19(21-14)28-3)11-7-15(26)22-18-16(11)17(23-24-18)10-4-5-10/h6,9-11H,4-5,7-8H2,1-3H3,(H2,22,23,24,26). The van der Waals surface area contributed by atoms with E-state index in [0.717, 1.165) is 35.4 Å². The van der Waals surface area contributed by atoms with Crippen LogP contribution in [-0.4, -0.2) is 45.0 Å². The van der Waals surface area contributed by atoms with Gasteiger partial charge in [0, 0.05) is 41.1 Å². The first-order chi connectivity index (χ1) is 13.5. The average molecular weight is 381 g/mol. The van der Waals surface area contributed by atoms with Crippen LogP contribution in [0.3, 0.4) is 0 Å². The normalized spacial score (nSPS) is 21.0. The number of aromatic nitrogens is 3. The van der Waals surface area contributed by atoms with Crippen LogP contribution in [0.1, 0.15) is 77.8 Å². The number of carbonyl (C=O) groups is 2. The van der Waals surface area contributed by atoms with E-state index in [4.69, 9.17) is 4.74 Å². The summed E-state index contributed by atoms with van der Waals surface area (Å²) in [5, 5.41) is 10.3. The summed E-state index contributed by atoms with van der Waals surface area (Å²) in [7, 11) is 1.58. The minimum atomic E-state index is -0.230. The molecule has 1 fully saturated rings. The number of nitrogens with zero attached hydrogens (tertiary/aromatic N) is 3. The van der Waals surface area contributed by atoms with Crippen molar-refractivity contribution in [1.82, 2.24) is 20.1 Å². The number of rotatable bonds is 4. The van der Waals surface area contributed by atoms with Crippen LogP contribution in [0, 0.1) is 0 Å². The minimum absolute atomic E-state index is 0.0171. The predicted octanol–water partition coefficient (Wildman–Crippen LogP) is 2.53. The third-order valence-electron chi connectivity index (χ3n) is 5.91. The number of anilines is 1. The Morgan fingerprint density at radius 3 is 2.75 bits per heavy atom. The molecule has 1 saturated carbocycles. The van der Waals surface area contributed by atoms with Crippen molar-refractivity contribution in [1.29, 1.82) is 0 Å². The number of methoxy groups -OCH3 is 1. The Morgan fingerprint density at radius 1 is 1.29 bits per heavy atom. The summed E-state index contributed by atoms with van der Waals surface area (Å²) < 4.78 is 5.59. The maximum atomic E-state index is 12.9. The van der Waals surface area contributed by atoms with E-state index in [2.05, 4.69) is 20.5 Å². The third kappa shape index (κ3) is 2.51. The lowest BCUT2D eigenvalue weighted by atomic mass is 9.84. The largest absolute Gasteiger partial charge is 0.481 e. The van der Waals surface area contributed by atoms with Gasteiger partial charge >= 0.3 is 0 Å². The van der Waals surface area contributed by atoms with Gasteiger partial charge in [-0.05, 0) is 32.8 Å². The molecule has 2 aromatic heterocycles. The number of hydrogen-bond donors (Lipinski definition) is 2. The smallest absolute Gasteiger partial charge is 0.256 e. The van der Waals surface area contributed by atoms with Crippen LogP contribution < -0.4 is 10.1 Å². The van der Waals surface area contributed by atoms with E-state index in [-0.39, 0.29) is 30.2 Å². The molecule has 28 heavy (non-hydrogen) atoms. The van der Waals surface area contributed by atoms with Gasteiger partial charge < -0.3 is 15.0 Å². The van der Waals surface area contributed by atoms with Crippen molar-refractivity contribution in [2.75, 3.05) is 12.4 Å². The highest BCUT2D eigenvalue weighted by atomic mass is 16.5. The van der Waals surface area contributed by atoms with Crippen molar-refractivity contribution < 1.29 is 14.3 Å². The first kappa shape index (κ1) is 17.2. The molecule has 8 nitrogen and oxygen atoms in total. The van der Waals surface area contributed by atoms with Crippen molar-refractivity contribution in [3.63, 3.8) is 0 Å². The van der Waals surface area contributed by atoms with Crippen LogP contribution in [0.5, 0.6) is 5.88 Å². The minimum Gasteiger partial charge on any atom is -0.481 e. The number of hydrogen-bond acceptors (Lipinski definition) is 5. The van der Waals surface area contributed by atoms with Crippen molar-refractivity contribution in [2.24, 2.45) is 0 Å². The molecule has 0 aromatic carbocycles. The van der Waals surface area contributed by atoms with Crippen molar-refractivity contribution >= 4 is 17.6 Å². The monoisotopic (exact) mass is 381 g/mol. The highest BCUT2D eigenvalue weighted by Crippen LogP contribution is 2.49. The van der Waals surface area contributed by atoms with Crippen LogP contribution in [0.25, 0.3) is 0 Å². The molecule has 1 atom stereocenters. The Morgan fingerprint density at radius 2 is 2.07 bits per heavy atom. The molecular formula is C20H23N5O3. The van der Waals surface area contributed by atoms with Gasteiger partial charge in [0.25, 0.3) is 5.91 Å². The zero-order chi connectivity index (χ0) is 19.6. The molecule has 4 heterocycles. The second-order valence-corrected chi connectivity index (χ2v) is 8.09. The molecule has 8 heteroatoms. The first-order valence-electron chi connectivity index (χ1n) is 9.74. The number of aromatic amines is 1. The molecule has 1 unspecified atom stereocenters. The fraction of sp³-hybridized carbons (Fsp3) is 0.500. The molecule has 2 aromatic rings. The molecule has 0 bridgehead atoms. The van der Waals surface area contributed by atoms with Crippen molar-refractivity contribution in [3.05, 3.63) is 34.1 Å². The molecule has 2 aliphatic heterocycles. The molecule has 2 N–H and O–H groups in total. The van der Waals surface area contributed by atoms with E-state index in [1.807, 2.05) is 19.9 Å². The lowest BCUT2D eigenvalue weighted by Crippen LogP contribution is -2.30. The second kappa shape index (κ2) is 6.05. The summed E-state index contributed by atoms with van der Waals surface area (Å²) in [6.45, 7) is 4.47. The van der Waals surface area contributed by atoms with Gasteiger partial charge in [-0.15, -0.1) is 0 Å². The van der Waals surface area contributed by atoms with Gasteiger partial charge in [0.05, 0.1) is 24.9 Å². The number of H-pyrrole nitrogens is 1. The Labute approximate surface area is 162 Å². The van der Waals surface area contributed by atoms with Gasteiger partial charge in [0.15, 0.2) is 5.82 Å². The number of pyridine rings is 1. The van der Waals surface area contributed by atoms with Crippen molar-refractivity contribution in [2.45, 2.75) is 57.5 Å². The lowest BCUT2D eigenvalue weighted by Gasteiger charge is -2.25. The lowest BCUT2D eigenvalue weighted by molar-refractivity contribution is -0.116. The average Bonchev–Trinajstić information content (AvgIpc) is 3.35. The SMILES string of the molecule is COc1nc2c(cc1C1CC(=O)Nc3n[nH]c(C4CC4)c31)C(=O)N(C(C)C)C2. The van der Waals surface area contributed by atoms with Gasteiger partial charge in [0.2, 0.25) is 11.8 Å². The number of carbonyl (C=O) groups excluding carboxylic acids is 2. The zero-order valence-electron chi connectivity index (χ0n) is 16.2. The zero-order valence-corrected chi connectivity index (χ0v) is 16.2. The van der Waals surface area contributed by atoms with Gasteiger partial charge in [-0.2, -0.15) is 5.10 Å². The first-order valence-corrected chi connectivity index (χ1v) is 9.74.